The van der Waals surface area contributed by atoms with Gasteiger partial charge in [0.25, 0.3) is 0 Å². The molecule has 0 amide bonds. The van der Waals surface area contributed by atoms with E-state index in [0.717, 1.165) is 0 Å². The molecule has 0 aromatic heterocycles. The van der Waals surface area contributed by atoms with Crippen LogP contribution >= 0.6 is 0 Å². The standard InChI is InChI=1S/C7H18N2O3/c1-7(12,4-8)5-9-2-6(11)3-10/h6,9-12H,2-5,8H2,1H3. The van der Waals surface area contributed by atoms with Crippen molar-refractivity contribution in [3.8, 4) is 0 Å². The fourth-order valence-electron chi connectivity index (χ4n) is 0.645. The van der Waals surface area contributed by atoms with Crippen molar-refractivity contribution in [2.75, 3.05) is 26.2 Å². The molecule has 0 rings (SSSR count). The summed E-state index contributed by atoms with van der Waals surface area (Å²) in [6, 6.07) is 0. The van der Waals surface area contributed by atoms with Gasteiger partial charge in [-0.05, 0) is 6.92 Å². The summed E-state index contributed by atoms with van der Waals surface area (Å²) in [5.41, 5.74) is 4.30. The number of rotatable bonds is 6. The van der Waals surface area contributed by atoms with E-state index in [4.69, 9.17) is 15.9 Å². The van der Waals surface area contributed by atoms with Gasteiger partial charge in [0, 0.05) is 19.6 Å². The number of hydrogen-bond donors (Lipinski definition) is 5. The van der Waals surface area contributed by atoms with Gasteiger partial charge < -0.3 is 26.4 Å². The molecule has 0 heterocycles. The molecule has 5 nitrogen and oxygen atoms in total. The molecule has 0 saturated heterocycles. The molecule has 0 bridgehead atoms. The Bertz CT molecular complexity index is 119. The molecule has 0 fully saturated rings. The van der Waals surface area contributed by atoms with Crippen molar-refractivity contribution in [3.05, 3.63) is 0 Å². The predicted molar refractivity (Wildman–Crippen MR) is 45.6 cm³/mol. The minimum absolute atomic E-state index is 0.162. The molecule has 0 aromatic carbocycles. The lowest BCUT2D eigenvalue weighted by atomic mass is 10.1. The van der Waals surface area contributed by atoms with Crippen LogP contribution in [0.5, 0.6) is 0 Å². The van der Waals surface area contributed by atoms with Crippen LogP contribution in [0, 0.1) is 0 Å². The first-order valence-corrected chi connectivity index (χ1v) is 3.94. The van der Waals surface area contributed by atoms with Crippen LogP contribution in [0.4, 0.5) is 0 Å². The van der Waals surface area contributed by atoms with Crippen LogP contribution in [-0.4, -0.2) is 53.3 Å². The van der Waals surface area contributed by atoms with Crippen LogP contribution in [0.2, 0.25) is 0 Å². The molecule has 2 unspecified atom stereocenters. The third-order valence-electron chi connectivity index (χ3n) is 1.54. The maximum absolute atomic E-state index is 9.38. The smallest absolute Gasteiger partial charge is 0.0894 e. The van der Waals surface area contributed by atoms with Gasteiger partial charge in [0.05, 0.1) is 18.3 Å². The van der Waals surface area contributed by atoms with Crippen LogP contribution in [-0.2, 0) is 0 Å². The third-order valence-corrected chi connectivity index (χ3v) is 1.54. The van der Waals surface area contributed by atoms with Gasteiger partial charge in [-0.25, -0.2) is 0 Å². The van der Waals surface area contributed by atoms with Gasteiger partial charge >= 0.3 is 0 Å². The summed E-state index contributed by atoms with van der Waals surface area (Å²) in [5, 5.41) is 29.5. The lowest BCUT2D eigenvalue weighted by Crippen LogP contribution is -2.46. The van der Waals surface area contributed by atoms with Gasteiger partial charge in [0.15, 0.2) is 0 Å². The van der Waals surface area contributed by atoms with Crippen LogP contribution in [0.3, 0.4) is 0 Å². The molecule has 0 radical (unpaired) electrons. The Morgan fingerprint density at radius 1 is 1.58 bits per heavy atom. The summed E-state index contributed by atoms with van der Waals surface area (Å²) in [5.74, 6) is 0. The summed E-state index contributed by atoms with van der Waals surface area (Å²) in [4.78, 5) is 0. The summed E-state index contributed by atoms with van der Waals surface area (Å²) in [7, 11) is 0. The second kappa shape index (κ2) is 5.45. The number of nitrogens with two attached hydrogens (primary N) is 1. The summed E-state index contributed by atoms with van der Waals surface area (Å²) in [6.07, 6.45) is -0.779. The monoisotopic (exact) mass is 178 g/mol. The van der Waals surface area contributed by atoms with Crippen molar-refractivity contribution in [2.45, 2.75) is 18.6 Å². The van der Waals surface area contributed by atoms with Crippen molar-refractivity contribution < 1.29 is 15.3 Å². The van der Waals surface area contributed by atoms with E-state index in [2.05, 4.69) is 5.32 Å². The molecule has 0 aliphatic carbocycles. The fourth-order valence-corrected chi connectivity index (χ4v) is 0.645. The zero-order valence-electron chi connectivity index (χ0n) is 7.32. The SMILES string of the molecule is CC(O)(CN)CNCC(O)CO. The average molecular weight is 178 g/mol. The quantitative estimate of drug-likeness (QED) is 0.313. The molecule has 0 aliphatic heterocycles. The first-order chi connectivity index (χ1) is 5.52. The van der Waals surface area contributed by atoms with E-state index in [-0.39, 0.29) is 19.7 Å². The maximum Gasteiger partial charge on any atom is 0.0894 e. The third kappa shape index (κ3) is 5.45. The molecule has 5 heteroatoms. The van der Waals surface area contributed by atoms with Crippen LogP contribution in [0.1, 0.15) is 6.92 Å². The lowest BCUT2D eigenvalue weighted by Gasteiger charge is -2.22. The molecular weight excluding hydrogens is 160 g/mol. The number of aliphatic hydroxyl groups excluding tert-OH is 2. The van der Waals surface area contributed by atoms with Gasteiger partial charge in [-0.1, -0.05) is 0 Å². The Morgan fingerprint density at radius 2 is 2.17 bits per heavy atom. The predicted octanol–water partition coefficient (Wildman–Crippen LogP) is -2.36. The van der Waals surface area contributed by atoms with Gasteiger partial charge in [-0.3, -0.25) is 0 Å². The molecule has 74 valence electrons. The first kappa shape index (κ1) is 11.8. The molecule has 2 atom stereocenters. The normalized spacial score (nSPS) is 18.8. The summed E-state index contributed by atoms with van der Waals surface area (Å²) in [6.45, 7) is 2.05. The first-order valence-electron chi connectivity index (χ1n) is 3.94. The number of hydrogen-bond acceptors (Lipinski definition) is 5. The number of aliphatic hydroxyl groups is 3. The van der Waals surface area contributed by atoms with Gasteiger partial charge in [0.2, 0.25) is 0 Å². The number of nitrogens with one attached hydrogen (secondary N) is 1. The second-order valence-corrected chi connectivity index (χ2v) is 3.17. The Labute approximate surface area is 72.2 Å². The zero-order chi connectivity index (χ0) is 9.61. The maximum atomic E-state index is 9.38. The highest BCUT2D eigenvalue weighted by Gasteiger charge is 2.17. The van der Waals surface area contributed by atoms with Crippen LogP contribution < -0.4 is 11.1 Å². The minimum atomic E-state index is -0.949. The van der Waals surface area contributed by atoms with E-state index in [9.17, 15) is 5.11 Å². The van der Waals surface area contributed by atoms with Gasteiger partial charge in [-0.15, -0.1) is 0 Å². The van der Waals surface area contributed by atoms with E-state index < -0.39 is 11.7 Å². The van der Waals surface area contributed by atoms with Crippen molar-refractivity contribution >= 4 is 0 Å². The topological polar surface area (TPSA) is 98.7 Å². The van der Waals surface area contributed by atoms with E-state index in [0.29, 0.717) is 6.54 Å². The van der Waals surface area contributed by atoms with E-state index in [1.165, 1.54) is 0 Å². The molecular formula is C7H18N2O3. The molecule has 0 saturated carbocycles. The largest absolute Gasteiger partial charge is 0.394 e. The van der Waals surface area contributed by atoms with Crippen LogP contribution in [0.25, 0.3) is 0 Å². The van der Waals surface area contributed by atoms with Gasteiger partial charge in [-0.2, -0.15) is 0 Å². The Hall–Kier alpha value is -0.200. The highest BCUT2D eigenvalue weighted by atomic mass is 16.3. The molecule has 0 aromatic rings. The highest BCUT2D eigenvalue weighted by molar-refractivity contribution is 4.76. The van der Waals surface area contributed by atoms with E-state index in [1.807, 2.05) is 0 Å². The molecule has 0 spiro atoms. The average Bonchev–Trinajstić information content (AvgIpc) is 2.04. The van der Waals surface area contributed by atoms with E-state index >= 15 is 0 Å². The second-order valence-electron chi connectivity index (χ2n) is 3.17. The summed E-state index contributed by atoms with van der Waals surface area (Å²) >= 11 is 0. The van der Waals surface area contributed by atoms with E-state index in [1.54, 1.807) is 6.92 Å². The Balaban J connectivity index is 3.42. The Kier molecular flexibility index (Phi) is 5.36. The van der Waals surface area contributed by atoms with Crippen molar-refractivity contribution in [2.24, 2.45) is 5.73 Å². The van der Waals surface area contributed by atoms with Crippen LogP contribution in [0.15, 0.2) is 0 Å². The van der Waals surface area contributed by atoms with Crippen molar-refractivity contribution in [3.63, 3.8) is 0 Å². The zero-order valence-corrected chi connectivity index (χ0v) is 7.32. The van der Waals surface area contributed by atoms with Gasteiger partial charge in [0.1, 0.15) is 0 Å². The summed E-state index contributed by atoms with van der Waals surface area (Å²) < 4.78 is 0. The molecule has 12 heavy (non-hydrogen) atoms. The van der Waals surface area contributed by atoms with Crippen molar-refractivity contribution in [1.82, 2.24) is 5.32 Å². The minimum Gasteiger partial charge on any atom is -0.394 e. The highest BCUT2D eigenvalue weighted by Crippen LogP contribution is 1.96. The molecule has 6 N–H and O–H groups in total. The lowest BCUT2D eigenvalue weighted by molar-refractivity contribution is 0.0558. The fraction of sp³-hybridized carbons (Fsp3) is 1.00. The molecule has 0 aliphatic rings. The Morgan fingerprint density at radius 3 is 2.58 bits per heavy atom. The van der Waals surface area contributed by atoms with Crippen molar-refractivity contribution in [1.29, 1.82) is 0 Å².